The van der Waals surface area contributed by atoms with Crippen LogP contribution in [0, 0.1) is 0 Å². The van der Waals surface area contributed by atoms with Gasteiger partial charge in [0.05, 0.1) is 5.51 Å². The van der Waals surface area contributed by atoms with E-state index in [1.54, 1.807) is 11.3 Å². The third-order valence-electron chi connectivity index (χ3n) is 1.81. The van der Waals surface area contributed by atoms with Crippen LogP contribution in [0.25, 0.3) is 5.57 Å². The first-order valence-electron chi connectivity index (χ1n) is 3.75. The highest BCUT2D eigenvalue weighted by molar-refractivity contribution is 7.10. The Morgan fingerprint density at radius 3 is 3.00 bits per heavy atom. The number of hydrogen-bond donors (Lipinski definition) is 1. The molecule has 12 heavy (non-hydrogen) atoms. The Hall–Kier alpha value is -0.380. The summed E-state index contributed by atoms with van der Waals surface area (Å²) in [6.45, 7) is 2.11. The summed E-state index contributed by atoms with van der Waals surface area (Å²) in [5.41, 5.74) is 3.34. The van der Waals surface area contributed by atoms with Crippen LogP contribution in [0.15, 0.2) is 17.8 Å². The second-order valence-electron chi connectivity index (χ2n) is 2.55. The second-order valence-corrected chi connectivity index (χ2v) is 3.44. The fourth-order valence-corrected chi connectivity index (χ4v) is 1.91. The van der Waals surface area contributed by atoms with E-state index in [9.17, 15) is 0 Å². The molecule has 0 atom stereocenters. The van der Waals surface area contributed by atoms with Gasteiger partial charge in [-0.1, -0.05) is 6.08 Å². The Kier molecular flexibility index (Phi) is 3.72. The highest BCUT2D eigenvalue weighted by atomic mass is 35.5. The molecule has 2 heterocycles. The summed E-state index contributed by atoms with van der Waals surface area (Å²) in [7, 11) is 0. The quantitative estimate of drug-likeness (QED) is 0.753. The third-order valence-corrected chi connectivity index (χ3v) is 2.66. The van der Waals surface area contributed by atoms with Crippen molar-refractivity contribution in [3.05, 3.63) is 22.7 Å². The van der Waals surface area contributed by atoms with Crippen molar-refractivity contribution >= 4 is 29.3 Å². The molecule has 4 heteroatoms. The zero-order chi connectivity index (χ0) is 7.52. The predicted octanol–water partition coefficient (Wildman–Crippen LogP) is 1.94. The monoisotopic (exact) mass is 202 g/mol. The first-order valence-corrected chi connectivity index (χ1v) is 4.63. The van der Waals surface area contributed by atoms with Crippen molar-refractivity contribution in [2.45, 2.75) is 6.42 Å². The molecule has 0 amide bonds. The van der Waals surface area contributed by atoms with Crippen LogP contribution in [-0.2, 0) is 0 Å². The summed E-state index contributed by atoms with van der Waals surface area (Å²) >= 11 is 1.72. The van der Waals surface area contributed by atoms with Crippen molar-refractivity contribution < 1.29 is 0 Å². The van der Waals surface area contributed by atoms with Gasteiger partial charge < -0.3 is 5.32 Å². The highest BCUT2D eigenvalue weighted by Crippen LogP contribution is 2.22. The lowest BCUT2D eigenvalue weighted by Crippen LogP contribution is -2.19. The van der Waals surface area contributed by atoms with Crippen LogP contribution >= 0.6 is 23.7 Å². The zero-order valence-corrected chi connectivity index (χ0v) is 8.25. The van der Waals surface area contributed by atoms with E-state index < -0.39 is 0 Å². The molecule has 1 aliphatic heterocycles. The number of hydrogen-bond acceptors (Lipinski definition) is 3. The zero-order valence-electron chi connectivity index (χ0n) is 6.62. The van der Waals surface area contributed by atoms with E-state index in [1.165, 1.54) is 10.5 Å². The Bertz CT molecular complexity index is 256. The minimum atomic E-state index is 0. The van der Waals surface area contributed by atoms with Gasteiger partial charge in [0, 0.05) is 17.6 Å². The number of nitrogens with one attached hydrogen (secondary N) is 1. The topological polar surface area (TPSA) is 24.9 Å². The number of aromatic nitrogens is 1. The van der Waals surface area contributed by atoms with Gasteiger partial charge in [0.1, 0.15) is 0 Å². The lowest BCUT2D eigenvalue weighted by molar-refractivity contribution is 0.739. The number of thiazole rings is 1. The van der Waals surface area contributed by atoms with Crippen LogP contribution in [0.2, 0.25) is 0 Å². The van der Waals surface area contributed by atoms with E-state index in [2.05, 4.69) is 16.4 Å². The molecular formula is C8H11ClN2S. The maximum Gasteiger partial charge on any atom is 0.0797 e. The molecule has 66 valence electrons. The molecule has 1 aromatic heterocycles. The molecule has 0 spiro atoms. The van der Waals surface area contributed by atoms with Crippen molar-refractivity contribution in [3.8, 4) is 0 Å². The van der Waals surface area contributed by atoms with Gasteiger partial charge in [0.25, 0.3) is 0 Å². The van der Waals surface area contributed by atoms with Gasteiger partial charge in [-0.15, -0.1) is 23.7 Å². The van der Waals surface area contributed by atoms with Crippen LogP contribution in [0.5, 0.6) is 0 Å². The van der Waals surface area contributed by atoms with Gasteiger partial charge in [0.15, 0.2) is 0 Å². The largest absolute Gasteiger partial charge is 0.313 e. The van der Waals surface area contributed by atoms with Crippen molar-refractivity contribution in [2.75, 3.05) is 13.1 Å². The van der Waals surface area contributed by atoms with E-state index in [4.69, 9.17) is 0 Å². The van der Waals surface area contributed by atoms with Gasteiger partial charge in [0.2, 0.25) is 0 Å². The second kappa shape index (κ2) is 4.60. The summed E-state index contributed by atoms with van der Waals surface area (Å²) in [5.74, 6) is 0. The maximum atomic E-state index is 4.05. The third kappa shape index (κ3) is 2.06. The lowest BCUT2D eigenvalue weighted by atomic mass is 10.1. The molecule has 0 saturated heterocycles. The van der Waals surface area contributed by atoms with Crippen LogP contribution in [0.3, 0.4) is 0 Å². The molecule has 0 radical (unpaired) electrons. The molecule has 0 aliphatic carbocycles. The minimum absolute atomic E-state index is 0. The normalized spacial score (nSPS) is 16.5. The average molecular weight is 203 g/mol. The number of rotatable bonds is 1. The average Bonchev–Trinajstić information content (AvgIpc) is 2.58. The summed E-state index contributed by atoms with van der Waals surface area (Å²) in [6.07, 6.45) is 5.33. The van der Waals surface area contributed by atoms with Gasteiger partial charge in [-0.2, -0.15) is 0 Å². The van der Waals surface area contributed by atoms with Crippen LogP contribution in [0.4, 0.5) is 0 Å². The van der Waals surface area contributed by atoms with Gasteiger partial charge in [-0.25, -0.2) is 0 Å². The summed E-state index contributed by atoms with van der Waals surface area (Å²) in [6, 6.07) is 0. The molecule has 2 rings (SSSR count). The molecule has 2 nitrogen and oxygen atoms in total. The highest BCUT2D eigenvalue weighted by Gasteiger charge is 2.05. The van der Waals surface area contributed by atoms with E-state index >= 15 is 0 Å². The van der Waals surface area contributed by atoms with Crippen molar-refractivity contribution in [1.82, 2.24) is 10.3 Å². The predicted molar refractivity (Wildman–Crippen MR) is 54.8 cm³/mol. The Balaban J connectivity index is 0.000000720. The summed E-state index contributed by atoms with van der Waals surface area (Å²) in [4.78, 5) is 5.38. The van der Waals surface area contributed by atoms with E-state index in [0.29, 0.717) is 0 Å². The molecule has 0 aromatic carbocycles. The van der Waals surface area contributed by atoms with Gasteiger partial charge in [-0.3, -0.25) is 4.98 Å². The van der Waals surface area contributed by atoms with Gasteiger partial charge >= 0.3 is 0 Å². The number of halogens is 1. The van der Waals surface area contributed by atoms with E-state index in [0.717, 1.165) is 19.5 Å². The van der Waals surface area contributed by atoms with Crippen LogP contribution < -0.4 is 5.32 Å². The Morgan fingerprint density at radius 2 is 2.42 bits per heavy atom. The van der Waals surface area contributed by atoms with Crippen LogP contribution in [-0.4, -0.2) is 18.1 Å². The summed E-state index contributed by atoms with van der Waals surface area (Å²) in [5, 5.41) is 3.28. The maximum absolute atomic E-state index is 4.05. The molecule has 0 unspecified atom stereocenters. The molecular weight excluding hydrogens is 192 g/mol. The molecule has 1 aliphatic rings. The molecule has 1 aromatic rings. The van der Waals surface area contributed by atoms with Crippen LogP contribution in [0.1, 0.15) is 11.3 Å². The fraction of sp³-hybridized carbons (Fsp3) is 0.375. The first-order chi connectivity index (χ1) is 5.47. The van der Waals surface area contributed by atoms with Crippen molar-refractivity contribution in [2.24, 2.45) is 0 Å². The molecule has 0 bridgehead atoms. The van der Waals surface area contributed by atoms with Crippen molar-refractivity contribution in [3.63, 3.8) is 0 Å². The van der Waals surface area contributed by atoms with E-state index in [1.807, 2.05) is 11.7 Å². The molecule has 0 saturated carbocycles. The molecule has 0 fully saturated rings. The minimum Gasteiger partial charge on any atom is -0.313 e. The molecule has 1 N–H and O–H groups in total. The number of nitrogens with zero attached hydrogens (tertiary/aromatic N) is 1. The summed E-state index contributed by atoms with van der Waals surface area (Å²) < 4.78 is 0. The smallest absolute Gasteiger partial charge is 0.0797 e. The Morgan fingerprint density at radius 1 is 1.50 bits per heavy atom. The SMILES string of the molecule is C1=C(c2cncs2)CCNC1.Cl. The van der Waals surface area contributed by atoms with Crippen molar-refractivity contribution in [1.29, 1.82) is 0 Å². The van der Waals surface area contributed by atoms with Gasteiger partial charge in [-0.05, 0) is 18.5 Å². The lowest BCUT2D eigenvalue weighted by Gasteiger charge is -2.11. The van der Waals surface area contributed by atoms with E-state index in [-0.39, 0.29) is 12.4 Å². The first kappa shape index (κ1) is 9.71. The Labute approximate surface area is 82.1 Å². The fourth-order valence-electron chi connectivity index (χ4n) is 1.22. The standard InChI is InChI=1S/C8H10N2S.ClH/c1-3-9-4-2-7(1)8-5-10-6-11-8;/h1,5-6,9H,2-4H2;1H.